The Morgan fingerprint density at radius 2 is 1.24 bits per heavy atom. The summed E-state index contributed by atoms with van der Waals surface area (Å²) in [5.74, 6) is 1.28. The number of unbranched alkanes of at least 4 members (excludes halogenated alkanes) is 12. The van der Waals surface area contributed by atoms with Gasteiger partial charge in [0.25, 0.3) is 0 Å². The van der Waals surface area contributed by atoms with Gasteiger partial charge in [-0.05, 0) is 48.6 Å². The van der Waals surface area contributed by atoms with Crippen LogP contribution in [-0.2, 0) is 6.42 Å². The fourth-order valence-corrected chi connectivity index (χ4v) is 4.40. The van der Waals surface area contributed by atoms with Gasteiger partial charge in [0.2, 0.25) is 0 Å². The van der Waals surface area contributed by atoms with Crippen molar-refractivity contribution in [1.82, 2.24) is 4.98 Å². The van der Waals surface area contributed by atoms with Gasteiger partial charge in [-0.1, -0.05) is 116 Å². The monoisotopic (exact) mass is 451 g/mol. The van der Waals surface area contributed by atoms with Crippen LogP contribution < -0.4 is 4.74 Å². The van der Waals surface area contributed by atoms with Crippen LogP contribution in [0.25, 0.3) is 0 Å². The van der Waals surface area contributed by atoms with Gasteiger partial charge >= 0.3 is 0 Å². The van der Waals surface area contributed by atoms with E-state index in [0.29, 0.717) is 5.92 Å². The zero-order chi connectivity index (χ0) is 23.6. The highest BCUT2D eigenvalue weighted by molar-refractivity contribution is 5.33. The second-order valence-corrected chi connectivity index (χ2v) is 9.72. The molecule has 0 N–H and O–H groups in total. The first-order valence-electron chi connectivity index (χ1n) is 13.9. The standard InChI is InChI=1S/C31H49NO/c1-4-6-8-10-12-13-14-16-18-28-19-24-31(32-26-28)27(3)29-20-22-30(23-21-29)33-25-17-15-11-9-7-5-2/h19-24,26-27H,4-18,25H2,1-3H3. The lowest BCUT2D eigenvalue weighted by Crippen LogP contribution is -2.01. The van der Waals surface area contributed by atoms with Crippen molar-refractivity contribution in [2.75, 3.05) is 6.61 Å². The van der Waals surface area contributed by atoms with Crippen LogP contribution in [0.5, 0.6) is 5.75 Å². The lowest BCUT2D eigenvalue weighted by atomic mass is 9.96. The number of hydrogen-bond acceptors (Lipinski definition) is 2. The summed E-state index contributed by atoms with van der Waals surface area (Å²) in [6.45, 7) is 7.61. The molecule has 0 amide bonds. The topological polar surface area (TPSA) is 22.1 Å². The number of pyridine rings is 1. The second-order valence-electron chi connectivity index (χ2n) is 9.72. The van der Waals surface area contributed by atoms with Crippen LogP contribution in [0.3, 0.4) is 0 Å². The first-order valence-corrected chi connectivity index (χ1v) is 13.9. The molecule has 2 aromatic rings. The second kappa shape index (κ2) is 17.6. The van der Waals surface area contributed by atoms with E-state index in [1.54, 1.807) is 0 Å². The predicted molar refractivity (Wildman–Crippen MR) is 143 cm³/mol. The number of hydrogen-bond donors (Lipinski definition) is 0. The van der Waals surface area contributed by atoms with Crippen molar-refractivity contribution in [3.05, 3.63) is 59.4 Å². The summed E-state index contributed by atoms with van der Waals surface area (Å²) in [4.78, 5) is 4.79. The van der Waals surface area contributed by atoms with Crippen molar-refractivity contribution >= 4 is 0 Å². The van der Waals surface area contributed by atoms with Crippen LogP contribution in [0, 0.1) is 0 Å². The Balaban J connectivity index is 1.66. The summed E-state index contributed by atoms with van der Waals surface area (Å²) in [5.41, 5.74) is 3.82. The summed E-state index contributed by atoms with van der Waals surface area (Å²) in [5, 5.41) is 0. The largest absolute Gasteiger partial charge is 0.494 e. The fraction of sp³-hybridized carbons (Fsp3) is 0.645. The van der Waals surface area contributed by atoms with Gasteiger partial charge in [-0.2, -0.15) is 0 Å². The molecule has 0 fully saturated rings. The fourth-order valence-electron chi connectivity index (χ4n) is 4.40. The van der Waals surface area contributed by atoms with Gasteiger partial charge in [-0.25, -0.2) is 0 Å². The zero-order valence-electron chi connectivity index (χ0n) is 21.8. The first-order chi connectivity index (χ1) is 16.2. The molecule has 2 nitrogen and oxygen atoms in total. The van der Waals surface area contributed by atoms with Gasteiger partial charge < -0.3 is 4.74 Å². The van der Waals surface area contributed by atoms with Crippen molar-refractivity contribution < 1.29 is 4.74 Å². The van der Waals surface area contributed by atoms with E-state index in [9.17, 15) is 0 Å². The highest BCUT2D eigenvalue weighted by Gasteiger charge is 2.10. The zero-order valence-corrected chi connectivity index (χ0v) is 21.8. The molecule has 0 aliphatic heterocycles. The Hall–Kier alpha value is -1.83. The first kappa shape index (κ1) is 27.4. The molecule has 1 heterocycles. The Morgan fingerprint density at radius 3 is 1.82 bits per heavy atom. The third kappa shape index (κ3) is 11.7. The lowest BCUT2D eigenvalue weighted by molar-refractivity contribution is 0.304. The molecule has 2 heteroatoms. The molecule has 0 bridgehead atoms. The minimum atomic E-state index is 0.301. The third-order valence-corrected chi connectivity index (χ3v) is 6.76. The van der Waals surface area contributed by atoms with E-state index < -0.39 is 0 Å². The van der Waals surface area contributed by atoms with Gasteiger partial charge in [-0.3, -0.25) is 4.98 Å². The maximum atomic E-state index is 5.93. The molecule has 1 aromatic carbocycles. The van der Waals surface area contributed by atoms with E-state index in [2.05, 4.69) is 63.4 Å². The van der Waals surface area contributed by atoms with Crippen molar-refractivity contribution in [2.45, 2.75) is 123 Å². The average molecular weight is 452 g/mol. The molecule has 33 heavy (non-hydrogen) atoms. The number of rotatable bonds is 19. The Morgan fingerprint density at radius 1 is 0.667 bits per heavy atom. The molecule has 0 spiro atoms. The van der Waals surface area contributed by atoms with Gasteiger partial charge in [-0.15, -0.1) is 0 Å². The normalized spacial score (nSPS) is 12.1. The third-order valence-electron chi connectivity index (χ3n) is 6.76. The van der Waals surface area contributed by atoms with Crippen LogP contribution in [0.4, 0.5) is 0 Å². The van der Waals surface area contributed by atoms with Gasteiger partial charge in [0.15, 0.2) is 0 Å². The van der Waals surface area contributed by atoms with Gasteiger partial charge in [0.05, 0.1) is 6.61 Å². The van der Waals surface area contributed by atoms with Crippen LogP contribution in [-0.4, -0.2) is 11.6 Å². The molecule has 2 rings (SSSR count). The number of benzene rings is 1. The van der Waals surface area contributed by atoms with Crippen LogP contribution in [0.2, 0.25) is 0 Å². The maximum absolute atomic E-state index is 5.93. The highest BCUT2D eigenvalue weighted by atomic mass is 16.5. The predicted octanol–water partition coefficient (Wildman–Crippen LogP) is 9.66. The molecule has 1 unspecified atom stereocenters. The van der Waals surface area contributed by atoms with E-state index >= 15 is 0 Å². The average Bonchev–Trinajstić information content (AvgIpc) is 2.85. The number of ether oxygens (including phenoxy) is 1. The minimum absolute atomic E-state index is 0.301. The minimum Gasteiger partial charge on any atom is -0.494 e. The lowest BCUT2D eigenvalue weighted by Gasteiger charge is -2.13. The molecular weight excluding hydrogens is 402 g/mol. The SMILES string of the molecule is CCCCCCCCCCc1ccc(C(C)c2ccc(OCCCCCCCC)cc2)nc1. The summed E-state index contributed by atoms with van der Waals surface area (Å²) in [6, 6.07) is 13.1. The van der Waals surface area contributed by atoms with Crippen LogP contribution >= 0.6 is 0 Å². The van der Waals surface area contributed by atoms with Crippen molar-refractivity contribution in [2.24, 2.45) is 0 Å². The number of aryl methyl sites for hydroxylation is 1. The molecule has 1 atom stereocenters. The highest BCUT2D eigenvalue weighted by Crippen LogP contribution is 2.25. The van der Waals surface area contributed by atoms with E-state index in [1.807, 2.05) is 0 Å². The Kier molecular flexibility index (Phi) is 14.6. The Labute approximate surface area is 204 Å². The van der Waals surface area contributed by atoms with E-state index in [-0.39, 0.29) is 0 Å². The van der Waals surface area contributed by atoms with Crippen LogP contribution in [0.1, 0.15) is 133 Å². The molecule has 0 radical (unpaired) electrons. The Bertz CT molecular complexity index is 707. The summed E-state index contributed by atoms with van der Waals surface area (Å²) < 4.78 is 5.93. The molecule has 0 saturated heterocycles. The van der Waals surface area contributed by atoms with Crippen molar-refractivity contribution in [3.63, 3.8) is 0 Å². The van der Waals surface area contributed by atoms with Gasteiger partial charge in [0.1, 0.15) is 5.75 Å². The quantitative estimate of drug-likeness (QED) is 0.198. The summed E-state index contributed by atoms with van der Waals surface area (Å²) in [6.07, 6.45) is 22.0. The van der Waals surface area contributed by atoms with E-state index in [4.69, 9.17) is 9.72 Å². The molecule has 0 aliphatic carbocycles. The molecular formula is C31H49NO. The summed E-state index contributed by atoms with van der Waals surface area (Å²) in [7, 11) is 0. The number of nitrogens with zero attached hydrogens (tertiary/aromatic N) is 1. The van der Waals surface area contributed by atoms with Crippen molar-refractivity contribution in [3.8, 4) is 5.75 Å². The molecule has 0 aliphatic rings. The molecule has 1 aromatic heterocycles. The van der Waals surface area contributed by atoms with Crippen LogP contribution in [0.15, 0.2) is 42.6 Å². The van der Waals surface area contributed by atoms with Crippen molar-refractivity contribution in [1.29, 1.82) is 0 Å². The molecule has 184 valence electrons. The van der Waals surface area contributed by atoms with E-state index in [0.717, 1.165) is 30.9 Å². The summed E-state index contributed by atoms with van der Waals surface area (Å²) >= 11 is 0. The smallest absolute Gasteiger partial charge is 0.119 e. The number of aromatic nitrogens is 1. The van der Waals surface area contributed by atoms with Gasteiger partial charge in [0, 0.05) is 17.8 Å². The molecule has 0 saturated carbocycles. The maximum Gasteiger partial charge on any atom is 0.119 e. The van der Waals surface area contributed by atoms with E-state index in [1.165, 1.54) is 94.6 Å².